The van der Waals surface area contributed by atoms with Crippen LogP contribution < -0.4 is 4.74 Å². The van der Waals surface area contributed by atoms with E-state index >= 15 is 0 Å². The summed E-state index contributed by atoms with van der Waals surface area (Å²) in [5, 5.41) is 7.51. The Morgan fingerprint density at radius 1 is 1.00 bits per heavy atom. The van der Waals surface area contributed by atoms with E-state index in [1.54, 1.807) is 11.3 Å². The Kier molecular flexibility index (Phi) is 5.00. The number of hydrazone groups is 1. The van der Waals surface area contributed by atoms with Gasteiger partial charge in [0.15, 0.2) is 5.72 Å². The number of hydrogen-bond donors (Lipinski definition) is 0. The van der Waals surface area contributed by atoms with Crippen LogP contribution in [0.1, 0.15) is 60.1 Å². The molecule has 1 spiro atoms. The summed E-state index contributed by atoms with van der Waals surface area (Å²) in [6.45, 7) is 0. The van der Waals surface area contributed by atoms with Gasteiger partial charge in [-0.1, -0.05) is 46.3 Å². The van der Waals surface area contributed by atoms with Crippen LogP contribution >= 0.6 is 43.2 Å². The van der Waals surface area contributed by atoms with Gasteiger partial charge in [0.05, 0.1) is 20.4 Å². The van der Waals surface area contributed by atoms with Crippen LogP contribution in [0.25, 0.3) is 0 Å². The molecule has 0 radical (unpaired) electrons. The Balaban J connectivity index is 1.36. The normalized spacial score (nSPS) is 26.9. The second-order valence-electron chi connectivity index (χ2n) is 8.63. The van der Waals surface area contributed by atoms with Gasteiger partial charge in [-0.3, -0.25) is 0 Å². The molecule has 158 valence electrons. The lowest BCUT2D eigenvalue weighted by atomic mass is 9.78. The van der Waals surface area contributed by atoms with Crippen LogP contribution in [-0.4, -0.2) is 16.4 Å². The van der Waals surface area contributed by atoms with E-state index in [1.807, 2.05) is 0 Å². The Morgan fingerprint density at radius 3 is 2.55 bits per heavy atom. The lowest BCUT2D eigenvalue weighted by Gasteiger charge is -2.50. The first kappa shape index (κ1) is 20.0. The summed E-state index contributed by atoms with van der Waals surface area (Å²) in [7, 11) is 0. The molecule has 6 heteroatoms. The van der Waals surface area contributed by atoms with Gasteiger partial charge in [0.1, 0.15) is 5.75 Å². The van der Waals surface area contributed by atoms with Crippen molar-refractivity contribution in [3.8, 4) is 5.75 Å². The molecule has 3 nitrogen and oxygen atoms in total. The second-order valence-corrected chi connectivity index (χ2v) is 12.0. The summed E-state index contributed by atoms with van der Waals surface area (Å²) in [6, 6.07) is 21.9. The molecule has 1 aliphatic carbocycles. The van der Waals surface area contributed by atoms with Gasteiger partial charge in [-0.2, -0.15) is 5.10 Å². The Bertz CT molecular complexity index is 1150. The van der Waals surface area contributed by atoms with Crippen molar-refractivity contribution in [1.29, 1.82) is 0 Å². The van der Waals surface area contributed by atoms with Gasteiger partial charge in [-0.15, -0.1) is 11.3 Å². The van der Waals surface area contributed by atoms with Crippen LogP contribution in [0.5, 0.6) is 5.75 Å². The fraction of sp³-hybridized carbons (Fsp3) is 0.320. The van der Waals surface area contributed by atoms with Crippen LogP contribution in [0.3, 0.4) is 0 Å². The number of thiophene rings is 1. The molecule has 0 bridgehead atoms. The van der Waals surface area contributed by atoms with Gasteiger partial charge in [0.25, 0.3) is 0 Å². The number of halogens is 2. The minimum atomic E-state index is -0.354. The maximum absolute atomic E-state index is 6.80. The molecule has 31 heavy (non-hydrogen) atoms. The fourth-order valence-electron chi connectivity index (χ4n) is 5.33. The average molecular weight is 558 g/mol. The summed E-state index contributed by atoms with van der Waals surface area (Å²) in [4.78, 5) is 1.24. The van der Waals surface area contributed by atoms with E-state index in [4.69, 9.17) is 9.84 Å². The molecule has 1 atom stereocenters. The molecule has 0 saturated heterocycles. The number of hydrogen-bond acceptors (Lipinski definition) is 4. The van der Waals surface area contributed by atoms with E-state index in [1.165, 1.54) is 21.7 Å². The number of fused-ring (bicyclic) bond motifs is 4. The van der Waals surface area contributed by atoms with Crippen molar-refractivity contribution in [1.82, 2.24) is 5.01 Å². The SMILES string of the molecule is Brc1ccc2c(c1)[C@H]1CC(c3ccc(Br)s3)=NN1C1(CCC(c3ccccc3)CC1)O2. The minimum Gasteiger partial charge on any atom is -0.466 e. The monoisotopic (exact) mass is 556 g/mol. The third-order valence-corrected chi connectivity index (χ3v) is 9.02. The van der Waals surface area contributed by atoms with Crippen molar-refractivity contribution in [2.24, 2.45) is 5.10 Å². The van der Waals surface area contributed by atoms with Crippen molar-refractivity contribution in [3.05, 3.63) is 84.9 Å². The van der Waals surface area contributed by atoms with Crippen molar-refractivity contribution in [2.45, 2.75) is 49.8 Å². The summed E-state index contributed by atoms with van der Waals surface area (Å²) in [6.07, 6.45) is 5.14. The third-order valence-electron chi connectivity index (χ3n) is 6.85. The summed E-state index contributed by atoms with van der Waals surface area (Å²) in [5.74, 6) is 1.62. The largest absolute Gasteiger partial charge is 0.466 e. The zero-order valence-corrected chi connectivity index (χ0v) is 20.9. The quantitative estimate of drug-likeness (QED) is 0.320. The average Bonchev–Trinajstić information content (AvgIpc) is 3.43. The number of rotatable bonds is 2. The first-order valence-corrected chi connectivity index (χ1v) is 13.2. The van der Waals surface area contributed by atoms with E-state index < -0.39 is 0 Å². The number of benzene rings is 2. The first-order valence-electron chi connectivity index (χ1n) is 10.8. The Labute approximate surface area is 203 Å². The molecule has 1 saturated carbocycles. The molecular formula is C25H22Br2N2OS. The van der Waals surface area contributed by atoms with E-state index in [-0.39, 0.29) is 11.8 Å². The highest BCUT2D eigenvalue weighted by Crippen LogP contribution is 2.53. The molecule has 6 rings (SSSR count). The zero-order chi connectivity index (χ0) is 21.0. The summed E-state index contributed by atoms with van der Waals surface area (Å²) in [5.41, 5.74) is 3.50. The molecular weight excluding hydrogens is 536 g/mol. The maximum atomic E-state index is 6.80. The smallest absolute Gasteiger partial charge is 0.198 e. The molecule has 0 amide bonds. The predicted octanol–water partition coefficient (Wildman–Crippen LogP) is 7.87. The minimum absolute atomic E-state index is 0.227. The van der Waals surface area contributed by atoms with Gasteiger partial charge < -0.3 is 4.74 Å². The Morgan fingerprint density at radius 2 is 1.81 bits per heavy atom. The maximum Gasteiger partial charge on any atom is 0.198 e. The van der Waals surface area contributed by atoms with Crippen LogP contribution in [0.2, 0.25) is 0 Å². The second kappa shape index (κ2) is 7.75. The summed E-state index contributed by atoms with van der Waals surface area (Å²) >= 11 is 9.02. The van der Waals surface area contributed by atoms with Crippen molar-refractivity contribution in [3.63, 3.8) is 0 Å². The molecule has 3 aromatic rings. The molecule has 1 aromatic heterocycles. The lowest BCUT2D eigenvalue weighted by molar-refractivity contribution is -0.142. The van der Waals surface area contributed by atoms with Gasteiger partial charge in [-0.05, 0) is 70.6 Å². The van der Waals surface area contributed by atoms with Crippen molar-refractivity contribution in [2.75, 3.05) is 0 Å². The fourth-order valence-corrected chi connectivity index (χ4v) is 7.09. The van der Waals surface area contributed by atoms with Crippen LogP contribution in [0.4, 0.5) is 0 Å². The highest BCUT2D eigenvalue weighted by atomic mass is 79.9. The van der Waals surface area contributed by atoms with E-state index in [9.17, 15) is 0 Å². The van der Waals surface area contributed by atoms with Crippen LogP contribution in [0.15, 0.2) is 74.0 Å². The third kappa shape index (κ3) is 3.47. The van der Waals surface area contributed by atoms with E-state index in [0.717, 1.165) is 46.1 Å². The van der Waals surface area contributed by atoms with Crippen LogP contribution in [0, 0.1) is 0 Å². The van der Waals surface area contributed by atoms with E-state index in [0.29, 0.717) is 5.92 Å². The number of nitrogens with zero attached hydrogens (tertiary/aromatic N) is 2. The topological polar surface area (TPSA) is 24.8 Å². The molecule has 2 aliphatic heterocycles. The lowest BCUT2D eigenvalue weighted by Crippen LogP contribution is -2.55. The Hall–Kier alpha value is -1.63. The van der Waals surface area contributed by atoms with Crippen molar-refractivity contribution >= 4 is 48.9 Å². The molecule has 2 aromatic carbocycles. The summed E-state index contributed by atoms with van der Waals surface area (Å²) < 4.78 is 9.03. The van der Waals surface area contributed by atoms with Gasteiger partial charge >= 0.3 is 0 Å². The van der Waals surface area contributed by atoms with Gasteiger partial charge in [0.2, 0.25) is 0 Å². The molecule has 1 fully saturated rings. The van der Waals surface area contributed by atoms with Crippen molar-refractivity contribution < 1.29 is 4.74 Å². The standard InChI is InChI=1S/C25H22Br2N2OS/c26-18-6-7-22-19(14-18)21-15-20(23-8-9-24(27)31-23)28-29(21)25(30-22)12-10-17(11-13-25)16-4-2-1-3-5-16/h1-9,14,17,21H,10-13,15H2/t17?,21-,25?/m1/s1. The van der Waals surface area contributed by atoms with Gasteiger partial charge in [-0.25, -0.2) is 5.01 Å². The highest BCUT2D eigenvalue weighted by molar-refractivity contribution is 9.11. The molecule has 3 heterocycles. The predicted molar refractivity (Wildman–Crippen MR) is 133 cm³/mol. The molecule has 3 aliphatic rings. The molecule has 0 unspecified atom stereocenters. The van der Waals surface area contributed by atoms with Crippen LogP contribution in [-0.2, 0) is 0 Å². The van der Waals surface area contributed by atoms with E-state index in [2.05, 4.69) is 97.5 Å². The first-order chi connectivity index (χ1) is 15.1. The van der Waals surface area contributed by atoms with Gasteiger partial charge in [0, 0.05) is 29.3 Å². The number of ether oxygens (including phenoxy) is 1. The zero-order valence-electron chi connectivity index (χ0n) is 16.9. The highest BCUT2D eigenvalue weighted by Gasteiger charge is 2.52. The molecule has 0 N–H and O–H groups in total.